The number of urea groups is 1. The topological polar surface area (TPSA) is 66.5 Å². The molecule has 3 aromatic rings. The lowest BCUT2D eigenvalue weighted by molar-refractivity contribution is 0.190. The van der Waals surface area contributed by atoms with Gasteiger partial charge in [0.15, 0.2) is 5.75 Å². The number of anilines is 1. The molecule has 0 spiro atoms. The van der Waals surface area contributed by atoms with Crippen molar-refractivity contribution in [3.8, 4) is 11.5 Å². The molecule has 2 aromatic carbocycles. The van der Waals surface area contributed by atoms with Crippen molar-refractivity contribution in [2.75, 3.05) is 18.4 Å². The maximum atomic E-state index is 12.6. The highest BCUT2D eigenvalue weighted by Gasteiger charge is 2.21. The molecule has 1 fully saturated rings. The van der Waals surface area contributed by atoms with Crippen LogP contribution in [0.3, 0.4) is 0 Å². The fourth-order valence-corrected chi connectivity index (χ4v) is 3.79. The van der Waals surface area contributed by atoms with Crippen LogP contribution >= 0.6 is 0 Å². The number of piperidine rings is 1. The van der Waals surface area contributed by atoms with Crippen LogP contribution in [-0.4, -0.2) is 35.0 Å². The molecular formula is C25H28N4O2. The van der Waals surface area contributed by atoms with Crippen molar-refractivity contribution in [3.05, 3.63) is 84.2 Å². The summed E-state index contributed by atoms with van der Waals surface area (Å²) in [5, 5.41) is 6.06. The normalized spacial score (nSPS) is 14.7. The molecule has 2 amide bonds. The molecule has 160 valence electrons. The number of ether oxygens (including phenoxy) is 1. The Morgan fingerprint density at radius 2 is 1.84 bits per heavy atom. The summed E-state index contributed by atoms with van der Waals surface area (Å²) in [4.78, 5) is 19.1. The van der Waals surface area contributed by atoms with E-state index in [0.717, 1.165) is 43.8 Å². The quantitative estimate of drug-likeness (QED) is 0.595. The predicted molar refractivity (Wildman–Crippen MR) is 122 cm³/mol. The van der Waals surface area contributed by atoms with Crippen LogP contribution in [0.15, 0.2) is 73.1 Å². The number of pyridine rings is 1. The van der Waals surface area contributed by atoms with Crippen molar-refractivity contribution in [1.29, 1.82) is 0 Å². The number of benzene rings is 2. The maximum Gasteiger partial charge on any atom is 0.319 e. The molecule has 0 atom stereocenters. The summed E-state index contributed by atoms with van der Waals surface area (Å²) in [7, 11) is 0. The van der Waals surface area contributed by atoms with Gasteiger partial charge in [0.2, 0.25) is 0 Å². The SMILES string of the molecule is Cc1cccc(Oc2ccccc2NC(=O)NC2CCN(Cc3ccncc3)CC2)c1. The first kappa shape index (κ1) is 20.9. The van der Waals surface area contributed by atoms with Crippen LogP contribution in [0.2, 0.25) is 0 Å². The molecule has 2 N–H and O–H groups in total. The van der Waals surface area contributed by atoms with E-state index in [0.29, 0.717) is 11.4 Å². The average molecular weight is 417 g/mol. The molecule has 6 heteroatoms. The summed E-state index contributed by atoms with van der Waals surface area (Å²) < 4.78 is 6.00. The molecule has 6 nitrogen and oxygen atoms in total. The molecule has 1 aliphatic heterocycles. The first-order valence-electron chi connectivity index (χ1n) is 10.7. The highest BCUT2D eigenvalue weighted by Crippen LogP contribution is 2.29. The van der Waals surface area contributed by atoms with Crippen molar-refractivity contribution in [2.45, 2.75) is 32.4 Å². The van der Waals surface area contributed by atoms with Crippen molar-refractivity contribution >= 4 is 11.7 Å². The van der Waals surface area contributed by atoms with Gasteiger partial charge in [-0.05, 0) is 67.3 Å². The first-order valence-corrected chi connectivity index (χ1v) is 10.7. The second-order valence-electron chi connectivity index (χ2n) is 7.92. The van der Waals surface area contributed by atoms with Gasteiger partial charge in [0.1, 0.15) is 5.75 Å². The molecule has 2 heterocycles. The zero-order valence-corrected chi connectivity index (χ0v) is 17.8. The summed E-state index contributed by atoms with van der Waals surface area (Å²) in [6, 6.07) is 19.4. The minimum Gasteiger partial charge on any atom is -0.455 e. The van der Waals surface area contributed by atoms with Gasteiger partial charge in [-0.2, -0.15) is 0 Å². The van der Waals surface area contributed by atoms with E-state index in [9.17, 15) is 4.79 Å². The van der Waals surface area contributed by atoms with Crippen LogP contribution in [0.5, 0.6) is 11.5 Å². The van der Waals surface area contributed by atoms with Crippen LogP contribution in [0.1, 0.15) is 24.0 Å². The molecular weight excluding hydrogens is 388 g/mol. The summed E-state index contributed by atoms with van der Waals surface area (Å²) in [6.45, 7) is 4.86. The summed E-state index contributed by atoms with van der Waals surface area (Å²) >= 11 is 0. The van der Waals surface area contributed by atoms with Crippen molar-refractivity contribution in [2.24, 2.45) is 0 Å². The van der Waals surface area contributed by atoms with E-state index in [4.69, 9.17) is 4.74 Å². The zero-order chi connectivity index (χ0) is 21.5. The number of hydrogen-bond acceptors (Lipinski definition) is 4. The van der Waals surface area contributed by atoms with Gasteiger partial charge >= 0.3 is 6.03 Å². The lowest BCUT2D eigenvalue weighted by atomic mass is 10.0. The van der Waals surface area contributed by atoms with Gasteiger partial charge < -0.3 is 15.4 Å². The minimum absolute atomic E-state index is 0.165. The number of hydrogen-bond donors (Lipinski definition) is 2. The van der Waals surface area contributed by atoms with Gasteiger partial charge in [0.25, 0.3) is 0 Å². The Kier molecular flexibility index (Phi) is 6.79. The van der Waals surface area contributed by atoms with Crippen LogP contribution in [-0.2, 0) is 6.54 Å². The number of nitrogens with zero attached hydrogens (tertiary/aromatic N) is 2. The fraction of sp³-hybridized carbons (Fsp3) is 0.280. The Balaban J connectivity index is 1.29. The number of aryl methyl sites for hydroxylation is 1. The Morgan fingerprint density at radius 1 is 1.06 bits per heavy atom. The van der Waals surface area contributed by atoms with Gasteiger partial charge in [-0.3, -0.25) is 9.88 Å². The molecule has 1 aliphatic rings. The molecule has 0 unspecified atom stereocenters. The van der Waals surface area contributed by atoms with Gasteiger partial charge in [-0.1, -0.05) is 24.3 Å². The molecule has 0 bridgehead atoms. The number of rotatable bonds is 6. The smallest absolute Gasteiger partial charge is 0.319 e. The minimum atomic E-state index is -0.201. The van der Waals surface area contributed by atoms with Gasteiger partial charge in [-0.15, -0.1) is 0 Å². The third-order valence-electron chi connectivity index (χ3n) is 5.43. The fourth-order valence-electron chi connectivity index (χ4n) is 3.79. The summed E-state index contributed by atoms with van der Waals surface area (Å²) in [6.07, 6.45) is 5.52. The van der Waals surface area contributed by atoms with E-state index in [1.165, 1.54) is 5.56 Å². The average Bonchev–Trinajstić information content (AvgIpc) is 2.77. The number of carbonyl (C=O) groups is 1. The molecule has 1 aromatic heterocycles. The first-order chi connectivity index (χ1) is 15.2. The third-order valence-corrected chi connectivity index (χ3v) is 5.43. The molecule has 0 radical (unpaired) electrons. The largest absolute Gasteiger partial charge is 0.455 e. The van der Waals surface area contributed by atoms with Crippen LogP contribution in [0.25, 0.3) is 0 Å². The van der Waals surface area contributed by atoms with Crippen LogP contribution in [0.4, 0.5) is 10.5 Å². The van der Waals surface area contributed by atoms with E-state index < -0.39 is 0 Å². The standard InChI is InChI=1S/C25H28N4O2/c1-19-5-4-6-22(17-19)31-24-8-3-2-7-23(24)28-25(30)27-21-11-15-29(16-12-21)18-20-9-13-26-14-10-20/h2-10,13-14,17,21H,11-12,15-16,18H2,1H3,(H2,27,28,30). The number of nitrogens with one attached hydrogen (secondary N) is 2. The molecule has 0 aliphatic carbocycles. The van der Waals surface area contributed by atoms with Crippen LogP contribution in [0, 0.1) is 6.92 Å². The maximum absolute atomic E-state index is 12.6. The number of aromatic nitrogens is 1. The Morgan fingerprint density at radius 3 is 2.61 bits per heavy atom. The number of likely N-dealkylation sites (tertiary alicyclic amines) is 1. The second kappa shape index (κ2) is 10.1. The lowest BCUT2D eigenvalue weighted by Crippen LogP contribution is -2.45. The molecule has 0 saturated carbocycles. The van der Waals surface area contributed by atoms with E-state index >= 15 is 0 Å². The molecule has 1 saturated heterocycles. The molecule has 4 rings (SSSR count). The predicted octanol–water partition coefficient (Wildman–Crippen LogP) is 4.97. The lowest BCUT2D eigenvalue weighted by Gasteiger charge is -2.32. The Bertz CT molecular complexity index is 1000. The number of para-hydroxylation sites is 2. The third kappa shape index (κ3) is 6.06. The van der Waals surface area contributed by atoms with Crippen molar-refractivity contribution < 1.29 is 9.53 Å². The Labute approximate surface area is 183 Å². The highest BCUT2D eigenvalue weighted by molar-refractivity contribution is 5.91. The van der Waals surface area contributed by atoms with E-state index in [-0.39, 0.29) is 12.1 Å². The highest BCUT2D eigenvalue weighted by atomic mass is 16.5. The monoisotopic (exact) mass is 416 g/mol. The zero-order valence-electron chi connectivity index (χ0n) is 17.8. The van der Waals surface area contributed by atoms with Crippen molar-refractivity contribution in [1.82, 2.24) is 15.2 Å². The van der Waals surface area contributed by atoms with Crippen LogP contribution < -0.4 is 15.4 Å². The van der Waals surface area contributed by atoms with Gasteiger partial charge in [0.05, 0.1) is 5.69 Å². The van der Waals surface area contributed by atoms with E-state index in [1.54, 1.807) is 0 Å². The van der Waals surface area contributed by atoms with Gasteiger partial charge in [0, 0.05) is 38.1 Å². The number of carbonyl (C=O) groups excluding carboxylic acids is 1. The number of amides is 2. The van der Waals surface area contributed by atoms with E-state index in [2.05, 4.69) is 20.5 Å². The van der Waals surface area contributed by atoms with Crippen molar-refractivity contribution in [3.63, 3.8) is 0 Å². The summed E-state index contributed by atoms with van der Waals surface area (Å²) in [5.41, 5.74) is 3.04. The Hall–Kier alpha value is -3.38. The second-order valence-corrected chi connectivity index (χ2v) is 7.92. The van der Waals surface area contributed by atoms with E-state index in [1.807, 2.05) is 80.0 Å². The molecule has 31 heavy (non-hydrogen) atoms. The van der Waals surface area contributed by atoms with Gasteiger partial charge in [-0.25, -0.2) is 4.79 Å². The summed E-state index contributed by atoms with van der Waals surface area (Å²) in [5.74, 6) is 1.37.